The molecular formula is C8H10BrN. The molecular weight excluding hydrogens is 190 g/mol. The van der Waals surface area contributed by atoms with Crippen LogP contribution in [0.2, 0.25) is 0 Å². The summed E-state index contributed by atoms with van der Waals surface area (Å²) in [6.45, 7) is 0.976. The minimum atomic E-state index is 0.976. The predicted molar refractivity (Wildman–Crippen MR) is 47.1 cm³/mol. The Bertz CT molecular complexity index is 174. The van der Waals surface area contributed by atoms with E-state index in [2.05, 4.69) is 44.8 Å². The standard InChI is InChI=1S/C8H10BrN/c9-10-7-6-8-4-2-1-3-5-8/h1-5,10H,6-7H2. The molecule has 0 aliphatic carbocycles. The number of nitrogens with one attached hydrogen (secondary N) is 1. The summed E-state index contributed by atoms with van der Waals surface area (Å²) in [5, 5.41) is 0. The van der Waals surface area contributed by atoms with Crippen LogP contribution in [0, 0.1) is 0 Å². The summed E-state index contributed by atoms with van der Waals surface area (Å²) in [6, 6.07) is 10.4. The van der Waals surface area contributed by atoms with Gasteiger partial charge in [-0.1, -0.05) is 30.3 Å². The van der Waals surface area contributed by atoms with Crippen LogP contribution in [0.15, 0.2) is 30.3 Å². The van der Waals surface area contributed by atoms with Crippen molar-refractivity contribution in [3.8, 4) is 0 Å². The summed E-state index contributed by atoms with van der Waals surface area (Å²) in [7, 11) is 0. The van der Waals surface area contributed by atoms with E-state index in [9.17, 15) is 0 Å². The van der Waals surface area contributed by atoms with Crippen LogP contribution in [0.5, 0.6) is 0 Å². The summed E-state index contributed by atoms with van der Waals surface area (Å²) in [6.07, 6.45) is 1.08. The second-order valence-electron chi connectivity index (χ2n) is 2.12. The lowest BCUT2D eigenvalue weighted by atomic mass is 10.2. The first-order valence-electron chi connectivity index (χ1n) is 3.31. The van der Waals surface area contributed by atoms with Gasteiger partial charge in [-0.05, 0) is 12.0 Å². The van der Waals surface area contributed by atoms with Gasteiger partial charge in [0.25, 0.3) is 0 Å². The second-order valence-corrected chi connectivity index (χ2v) is 2.68. The maximum atomic E-state index is 3.16. The van der Waals surface area contributed by atoms with Crippen LogP contribution in [0.3, 0.4) is 0 Å². The molecule has 0 saturated heterocycles. The molecule has 0 bridgehead atoms. The van der Waals surface area contributed by atoms with Gasteiger partial charge in [-0.2, -0.15) is 0 Å². The Morgan fingerprint density at radius 3 is 2.50 bits per heavy atom. The maximum absolute atomic E-state index is 3.16. The van der Waals surface area contributed by atoms with E-state index < -0.39 is 0 Å². The summed E-state index contributed by atoms with van der Waals surface area (Å²) < 4.78 is 2.93. The molecule has 0 aromatic heterocycles. The van der Waals surface area contributed by atoms with Gasteiger partial charge < -0.3 is 0 Å². The molecule has 0 unspecified atom stereocenters. The third-order valence-electron chi connectivity index (χ3n) is 1.35. The van der Waals surface area contributed by atoms with Crippen LogP contribution in [0.4, 0.5) is 0 Å². The highest BCUT2D eigenvalue weighted by Gasteiger charge is 1.87. The third-order valence-corrected chi connectivity index (χ3v) is 1.75. The van der Waals surface area contributed by atoms with Gasteiger partial charge in [0, 0.05) is 22.7 Å². The van der Waals surface area contributed by atoms with E-state index in [0.717, 1.165) is 13.0 Å². The monoisotopic (exact) mass is 199 g/mol. The van der Waals surface area contributed by atoms with Gasteiger partial charge in [-0.25, -0.2) is 0 Å². The summed E-state index contributed by atoms with van der Waals surface area (Å²) >= 11 is 3.16. The Hall–Kier alpha value is -0.340. The van der Waals surface area contributed by atoms with Crippen molar-refractivity contribution in [1.29, 1.82) is 0 Å². The van der Waals surface area contributed by atoms with Gasteiger partial charge >= 0.3 is 0 Å². The zero-order chi connectivity index (χ0) is 7.23. The summed E-state index contributed by atoms with van der Waals surface area (Å²) in [4.78, 5) is 0. The first-order valence-corrected chi connectivity index (χ1v) is 4.10. The van der Waals surface area contributed by atoms with Crippen molar-refractivity contribution in [1.82, 2.24) is 4.34 Å². The molecule has 0 aliphatic rings. The molecule has 1 N–H and O–H groups in total. The Morgan fingerprint density at radius 1 is 1.20 bits per heavy atom. The molecule has 0 saturated carbocycles. The van der Waals surface area contributed by atoms with Crippen molar-refractivity contribution in [3.63, 3.8) is 0 Å². The first kappa shape index (κ1) is 7.76. The third kappa shape index (κ3) is 2.50. The van der Waals surface area contributed by atoms with E-state index in [1.165, 1.54) is 5.56 Å². The largest absolute Gasteiger partial charge is 0.256 e. The molecule has 0 aliphatic heterocycles. The molecule has 0 amide bonds. The van der Waals surface area contributed by atoms with Gasteiger partial charge in [0.15, 0.2) is 0 Å². The number of hydrogen-bond acceptors (Lipinski definition) is 1. The lowest BCUT2D eigenvalue weighted by Crippen LogP contribution is -2.03. The van der Waals surface area contributed by atoms with Crippen LogP contribution in [-0.2, 0) is 6.42 Å². The lowest BCUT2D eigenvalue weighted by Gasteiger charge is -1.96. The Balaban J connectivity index is 2.43. The van der Waals surface area contributed by atoms with Crippen LogP contribution >= 0.6 is 16.1 Å². The topological polar surface area (TPSA) is 12.0 Å². The van der Waals surface area contributed by atoms with Crippen LogP contribution in [0.1, 0.15) is 5.56 Å². The van der Waals surface area contributed by atoms with Gasteiger partial charge in [0.05, 0.1) is 0 Å². The van der Waals surface area contributed by atoms with Gasteiger partial charge in [-0.3, -0.25) is 4.34 Å². The number of benzene rings is 1. The molecule has 54 valence electrons. The zero-order valence-electron chi connectivity index (χ0n) is 5.68. The molecule has 1 rings (SSSR count). The van der Waals surface area contributed by atoms with Crippen molar-refractivity contribution in [2.24, 2.45) is 0 Å². The Morgan fingerprint density at radius 2 is 1.90 bits per heavy atom. The fourth-order valence-corrected chi connectivity index (χ4v) is 1.03. The fourth-order valence-electron chi connectivity index (χ4n) is 0.836. The molecule has 0 heterocycles. The minimum Gasteiger partial charge on any atom is -0.256 e. The molecule has 0 atom stereocenters. The second kappa shape index (κ2) is 4.47. The van der Waals surface area contributed by atoms with Crippen molar-refractivity contribution in [3.05, 3.63) is 35.9 Å². The van der Waals surface area contributed by atoms with Gasteiger partial charge in [-0.15, -0.1) is 0 Å². The molecule has 0 fully saturated rings. The molecule has 10 heavy (non-hydrogen) atoms. The average molecular weight is 200 g/mol. The molecule has 2 heteroatoms. The Kier molecular flexibility index (Phi) is 3.47. The summed E-state index contributed by atoms with van der Waals surface area (Å²) in [5.41, 5.74) is 1.37. The van der Waals surface area contributed by atoms with Crippen molar-refractivity contribution < 1.29 is 0 Å². The fraction of sp³-hybridized carbons (Fsp3) is 0.250. The molecule has 1 nitrogen and oxygen atoms in total. The highest BCUT2D eigenvalue weighted by Crippen LogP contribution is 1.97. The number of rotatable bonds is 3. The quantitative estimate of drug-likeness (QED) is 0.737. The lowest BCUT2D eigenvalue weighted by molar-refractivity contribution is 0.920. The van der Waals surface area contributed by atoms with Crippen LogP contribution < -0.4 is 4.34 Å². The molecule has 0 radical (unpaired) electrons. The first-order chi connectivity index (χ1) is 4.93. The van der Waals surface area contributed by atoms with E-state index in [1.54, 1.807) is 0 Å². The van der Waals surface area contributed by atoms with E-state index in [0.29, 0.717) is 0 Å². The highest BCUT2D eigenvalue weighted by molar-refractivity contribution is 9.08. The number of hydrogen-bond donors (Lipinski definition) is 1. The number of halogens is 1. The SMILES string of the molecule is BrNCCc1ccccc1. The smallest absolute Gasteiger partial charge is 0.0102 e. The van der Waals surface area contributed by atoms with Gasteiger partial charge in [0.2, 0.25) is 0 Å². The summed E-state index contributed by atoms with van der Waals surface area (Å²) in [5.74, 6) is 0. The van der Waals surface area contributed by atoms with E-state index >= 15 is 0 Å². The van der Waals surface area contributed by atoms with Crippen LogP contribution in [-0.4, -0.2) is 6.54 Å². The van der Waals surface area contributed by atoms with Crippen LogP contribution in [0.25, 0.3) is 0 Å². The normalized spacial score (nSPS) is 9.70. The van der Waals surface area contributed by atoms with Crippen molar-refractivity contribution in [2.45, 2.75) is 6.42 Å². The molecule has 1 aromatic carbocycles. The highest BCUT2D eigenvalue weighted by atomic mass is 79.9. The minimum absolute atomic E-state index is 0.976. The zero-order valence-corrected chi connectivity index (χ0v) is 7.26. The predicted octanol–water partition coefficient (Wildman–Crippen LogP) is 2.13. The molecule has 1 aromatic rings. The Labute approximate surface area is 69.8 Å². The van der Waals surface area contributed by atoms with E-state index in [4.69, 9.17) is 0 Å². The maximum Gasteiger partial charge on any atom is 0.0102 e. The van der Waals surface area contributed by atoms with E-state index in [1.807, 2.05) is 6.07 Å². The molecule has 0 spiro atoms. The average Bonchev–Trinajstić information content (AvgIpc) is 2.03. The van der Waals surface area contributed by atoms with Crippen molar-refractivity contribution >= 4 is 16.1 Å². The van der Waals surface area contributed by atoms with Gasteiger partial charge in [0.1, 0.15) is 0 Å². The van der Waals surface area contributed by atoms with Crippen molar-refractivity contribution in [2.75, 3.05) is 6.54 Å². The van der Waals surface area contributed by atoms with E-state index in [-0.39, 0.29) is 0 Å².